The van der Waals surface area contributed by atoms with Crippen molar-refractivity contribution in [1.82, 2.24) is 15.2 Å². The molecule has 2 aromatic rings. The van der Waals surface area contributed by atoms with Crippen LogP contribution in [0.4, 0.5) is 0 Å². The lowest BCUT2D eigenvalue weighted by Crippen LogP contribution is -2.34. The number of H-pyrrole nitrogens is 1. The van der Waals surface area contributed by atoms with Crippen LogP contribution in [0.25, 0.3) is 0 Å². The Kier molecular flexibility index (Phi) is 5.89. The molecular formula is C21H27N3O2. The van der Waals surface area contributed by atoms with Gasteiger partial charge < -0.3 is 15.2 Å². The third-order valence-electron chi connectivity index (χ3n) is 4.93. The summed E-state index contributed by atoms with van der Waals surface area (Å²) in [7, 11) is 2.02. The maximum Gasteiger partial charge on any atom is 0.261 e. The minimum atomic E-state index is -0.325. The number of aryl methyl sites for hydroxylation is 1. The molecule has 0 saturated carbocycles. The van der Waals surface area contributed by atoms with E-state index in [1.807, 2.05) is 25.2 Å². The molecule has 1 aromatic carbocycles. The van der Waals surface area contributed by atoms with Gasteiger partial charge in [0, 0.05) is 12.2 Å². The van der Waals surface area contributed by atoms with E-state index in [1.165, 1.54) is 11.1 Å². The van der Waals surface area contributed by atoms with E-state index in [0.29, 0.717) is 6.54 Å². The van der Waals surface area contributed by atoms with Gasteiger partial charge in [0.25, 0.3) is 11.5 Å². The van der Waals surface area contributed by atoms with Gasteiger partial charge in [-0.25, -0.2) is 0 Å². The van der Waals surface area contributed by atoms with Crippen molar-refractivity contribution in [3.8, 4) is 0 Å². The molecule has 1 heterocycles. The fraction of sp³-hybridized carbons (Fsp3) is 0.429. The molecule has 0 saturated heterocycles. The third-order valence-corrected chi connectivity index (χ3v) is 4.93. The Hall–Kier alpha value is -2.40. The summed E-state index contributed by atoms with van der Waals surface area (Å²) in [6, 6.07) is 11.6. The second kappa shape index (κ2) is 8.32. The Labute approximate surface area is 154 Å². The van der Waals surface area contributed by atoms with Crippen molar-refractivity contribution in [3.63, 3.8) is 0 Å². The molecule has 138 valence electrons. The first-order valence-electron chi connectivity index (χ1n) is 9.38. The van der Waals surface area contributed by atoms with Gasteiger partial charge in [-0.1, -0.05) is 31.2 Å². The van der Waals surface area contributed by atoms with Crippen LogP contribution >= 0.6 is 0 Å². The first-order chi connectivity index (χ1) is 12.6. The van der Waals surface area contributed by atoms with E-state index < -0.39 is 0 Å². The fourth-order valence-corrected chi connectivity index (χ4v) is 3.68. The molecule has 1 aliphatic rings. The zero-order valence-electron chi connectivity index (χ0n) is 15.5. The van der Waals surface area contributed by atoms with Gasteiger partial charge in [-0.3, -0.25) is 9.59 Å². The minimum Gasteiger partial charge on any atom is -0.345 e. The highest BCUT2D eigenvalue weighted by Crippen LogP contribution is 2.29. The lowest BCUT2D eigenvalue weighted by Gasteiger charge is -2.26. The average molecular weight is 353 g/mol. The van der Waals surface area contributed by atoms with E-state index in [1.54, 1.807) is 6.07 Å². The van der Waals surface area contributed by atoms with Crippen molar-refractivity contribution < 1.29 is 4.79 Å². The van der Waals surface area contributed by atoms with Crippen LogP contribution in [0.2, 0.25) is 0 Å². The van der Waals surface area contributed by atoms with Gasteiger partial charge in [-0.05, 0) is 62.5 Å². The van der Waals surface area contributed by atoms with Gasteiger partial charge in [0.05, 0.1) is 6.04 Å². The molecule has 5 heteroatoms. The standard InChI is InChI=1S/C21H27N3O2/c1-3-13-24(2)14-16-11-12-18(20(25)22-16)21(26)23-19-10-6-8-15-7-4-5-9-17(15)19/h4-5,7,9,11-12,19H,3,6,8,10,13-14H2,1-2H3,(H,22,25)(H,23,26). The number of rotatable bonds is 6. The average Bonchev–Trinajstić information content (AvgIpc) is 2.62. The van der Waals surface area contributed by atoms with E-state index in [4.69, 9.17) is 0 Å². The number of amides is 1. The number of aromatic nitrogens is 1. The molecule has 3 rings (SSSR count). The van der Waals surface area contributed by atoms with Gasteiger partial charge in [0.2, 0.25) is 0 Å². The lowest BCUT2D eigenvalue weighted by atomic mass is 9.87. The maximum atomic E-state index is 12.6. The van der Waals surface area contributed by atoms with E-state index in [0.717, 1.165) is 37.9 Å². The molecule has 2 N–H and O–H groups in total. The quantitative estimate of drug-likeness (QED) is 0.839. The highest BCUT2D eigenvalue weighted by atomic mass is 16.2. The Bertz CT molecular complexity index is 828. The van der Waals surface area contributed by atoms with Crippen LogP contribution < -0.4 is 10.9 Å². The summed E-state index contributed by atoms with van der Waals surface area (Å²) in [5.74, 6) is -0.304. The summed E-state index contributed by atoms with van der Waals surface area (Å²) in [6.45, 7) is 3.75. The normalized spacial score (nSPS) is 16.3. The van der Waals surface area contributed by atoms with Crippen molar-refractivity contribution >= 4 is 5.91 Å². The van der Waals surface area contributed by atoms with Crippen LogP contribution in [0.5, 0.6) is 0 Å². The Balaban J connectivity index is 1.72. The summed E-state index contributed by atoms with van der Waals surface area (Å²) in [6.07, 6.45) is 4.05. The predicted molar refractivity (Wildman–Crippen MR) is 103 cm³/mol. The number of pyridine rings is 1. The summed E-state index contributed by atoms with van der Waals surface area (Å²) < 4.78 is 0. The molecule has 5 nitrogen and oxygen atoms in total. The monoisotopic (exact) mass is 353 g/mol. The molecule has 0 aliphatic heterocycles. The highest BCUT2D eigenvalue weighted by Gasteiger charge is 2.23. The molecule has 26 heavy (non-hydrogen) atoms. The van der Waals surface area contributed by atoms with Crippen molar-refractivity contribution in [1.29, 1.82) is 0 Å². The summed E-state index contributed by atoms with van der Waals surface area (Å²) in [5.41, 5.74) is 3.13. The van der Waals surface area contributed by atoms with Crippen molar-refractivity contribution in [2.45, 2.75) is 45.2 Å². The summed E-state index contributed by atoms with van der Waals surface area (Å²) in [4.78, 5) is 30.0. The number of fused-ring (bicyclic) bond motifs is 1. The molecule has 0 spiro atoms. The van der Waals surface area contributed by atoms with Crippen LogP contribution in [0.1, 0.15) is 59.4 Å². The number of nitrogens with one attached hydrogen (secondary N) is 2. The molecule has 0 radical (unpaired) electrons. The Morgan fingerprint density at radius 1 is 1.27 bits per heavy atom. The second-order valence-corrected chi connectivity index (χ2v) is 7.08. The van der Waals surface area contributed by atoms with Gasteiger partial charge in [-0.15, -0.1) is 0 Å². The predicted octanol–water partition coefficient (Wildman–Crippen LogP) is 3.02. The molecule has 0 fully saturated rings. The third kappa shape index (κ3) is 4.22. The number of carbonyl (C=O) groups is 1. The first-order valence-corrected chi connectivity index (χ1v) is 9.38. The lowest BCUT2D eigenvalue weighted by molar-refractivity contribution is 0.0931. The summed E-state index contributed by atoms with van der Waals surface area (Å²) >= 11 is 0. The smallest absolute Gasteiger partial charge is 0.261 e. The van der Waals surface area contributed by atoms with Crippen LogP contribution in [0, 0.1) is 0 Å². The number of nitrogens with zero attached hydrogens (tertiary/aromatic N) is 1. The summed E-state index contributed by atoms with van der Waals surface area (Å²) in [5, 5.41) is 3.04. The van der Waals surface area contributed by atoms with Gasteiger partial charge in [0.1, 0.15) is 5.56 Å². The van der Waals surface area contributed by atoms with Gasteiger partial charge in [0.15, 0.2) is 0 Å². The van der Waals surface area contributed by atoms with Crippen LogP contribution in [-0.2, 0) is 13.0 Å². The molecule has 1 unspecified atom stereocenters. The van der Waals surface area contributed by atoms with Crippen molar-refractivity contribution in [2.24, 2.45) is 0 Å². The van der Waals surface area contributed by atoms with Crippen LogP contribution in [0.15, 0.2) is 41.2 Å². The van der Waals surface area contributed by atoms with Gasteiger partial charge in [-0.2, -0.15) is 0 Å². The zero-order chi connectivity index (χ0) is 18.5. The number of hydrogen-bond donors (Lipinski definition) is 2. The molecular weight excluding hydrogens is 326 g/mol. The van der Waals surface area contributed by atoms with Crippen LogP contribution in [-0.4, -0.2) is 29.4 Å². The first kappa shape index (κ1) is 18.4. The Morgan fingerprint density at radius 3 is 2.85 bits per heavy atom. The van der Waals surface area contributed by atoms with E-state index in [9.17, 15) is 9.59 Å². The molecule has 1 atom stereocenters. The van der Waals surface area contributed by atoms with E-state index >= 15 is 0 Å². The van der Waals surface area contributed by atoms with E-state index in [2.05, 4.69) is 34.3 Å². The second-order valence-electron chi connectivity index (χ2n) is 7.08. The topological polar surface area (TPSA) is 65.2 Å². The highest BCUT2D eigenvalue weighted by molar-refractivity contribution is 5.94. The maximum absolute atomic E-state index is 12.6. The number of carbonyl (C=O) groups excluding carboxylic acids is 1. The molecule has 1 amide bonds. The van der Waals surface area contributed by atoms with Crippen molar-refractivity contribution in [3.05, 3.63) is 69.1 Å². The zero-order valence-corrected chi connectivity index (χ0v) is 15.5. The van der Waals surface area contributed by atoms with E-state index in [-0.39, 0.29) is 23.1 Å². The van der Waals surface area contributed by atoms with Gasteiger partial charge >= 0.3 is 0 Å². The SMILES string of the molecule is CCCN(C)Cc1ccc(C(=O)NC2CCCc3ccccc32)c(=O)[nH]1. The molecule has 1 aromatic heterocycles. The fourth-order valence-electron chi connectivity index (χ4n) is 3.68. The van der Waals surface area contributed by atoms with Crippen LogP contribution in [0.3, 0.4) is 0 Å². The number of aromatic amines is 1. The number of hydrogen-bond acceptors (Lipinski definition) is 3. The molecule has 1 aliphatic carbocycles. The van der Waals surface area contributed by atoms with Crippen molar-refractivity contribution in [2.75, 3.05) is 13.6 Å². The number of benzene rings is 1. The Morgan fingerprint density at radius 2 is 2.08 bits per heavy atom. The molecule has 0 bridgehead atoms. The largest absolute Gasteiger partial charge is 0.345 e. The minimum absolute atomic E-state index is 0.0257.